The summed E-state index contributed by atoms with van der Waals surface area (Å²) in [4.78, 5) is 24.8. The molecule has 0 bridgehead atoms. The van der Waals surface area contributed by atoms with E-state index in [1.54, 1.807) is 26.0 Å². The summed E-state index contributed by atoms with van der Waals surface area (Å²) in [6.45, 7) is 5.06. The molecule has 0 radical (unpaired) electrons. The van der Waals surface area contributed by atoms with Gasteiger partial charge >= 0.3 is 12.1 Å². The molecule has 3 aromatic rings. The average Bonchev–Trinajstić information content (AvgIpc) is 3.09. The zero-order chi connectivity index (χ0) is 24.2. The molecular weight excluding hydrogens is 441 g/mol. The van der Waals surface area contributed by atoms with Gasteiger partial charge in [0.25, 0.3) is 5.91 Å². The van der Waals surface area contributed by atoms with Gasteiger partial charge < -0.3 is 19.3 Å². The van der Waals surface area contributed by atoms with Crippen LogP contribution >= 0.6 is 0 Å². The number of nitrogens with one attached hydrogen (secondary N) is 1. The summed E-state index contributed by atoms with van der Waals surface area (Å²) in [5.41, 5.74) is 0.669. The Bertz CT molecular complexity index is 1140. The molecule has 1 N–H and O–H groups in total. The number of halogens is 3. The monoisotopic (exact) mass is 462 g/mol. The topological polar surface area (TPSA) is 90.7 Å². The van der Waals surface area contributed by atoms with Crippen molar-refractivity contribution in [3.8, 4) is 5.75 Å². The molecule has 1 heterocycles. The van der Waals surface area contributed by atoms with Crippen molar-refractivity contribution in [3.63, 3.8) is 0 Å². The number of carbonyl (C=O) groups excluding carboxylic acids is 2. The first-order valence-electron chi connectivity index (χ1n) is 9.88. The quantitative estimate of drug-likeness (QED) is 0.493. The van der Waals surface area contributed by atoms with Crippen molar-refractivity contribution in [3.05, 3.63) is 76.7 Å². The van der Waals surface area contributed by atoms with Gasteiger partial charge in [-0.25, -0.2) is 4.79 Å². The summed E-state index contributed by atoms with van der Waals surface area (Å²) < 4.78 is 54.4. The Morgan fingerprint density at radius 1 is 1.12 bits per heavy atom. The molecule has 0 aliphatic carbocycles. The van der Waals surface area contributed by atoms with Crippen molar-refractivity contribution in [2.45, 2.75) is 39.7 Å². The molecule has 0 fully saturated rings. The van der Waals surface area contributed by atoms with E-state index in [-0.39, 0.29) is 17.9 Å². The number of alkyl halides is 3. The number of rotatable bonds is 7. The van der Waals surface area contributed by atoms with Gasteiger partial charge in [0, 0.05) is 5.69 Å². The Morgan fingerprint density at radius 2 is 1.85 bits per heavy atom. The maximum atomic E-state index is 12.8. The summed E-state index contributed by atoms with van der Waals surface area (Å²) in [7, 11) is 0. The fourth-order valence-corrected chi connectivity index (χ4v) is 2.88. The van der Waals surface area contributed by atoms with Crippen LogP contribution in [0.3, 0.4) is 0 Å². The lowest BCUT2D eigenvalue weighted by atomic mass is 10.2. The normalized spacial score (nSPS) is 12.2. The number of hydrogen-bond donors (Lipinski definition) is 1. The highest BCUT2D eigenvalue weighted by molar-refractivity contribution is 5.97. The summed E-state index contributed by atoms with van der Waals surface area (Å²) in [5, 5.41) is 6.16. The van der Waals surface area contributed by atoms with E-state index in [0.29, 0.717) is 17.2 Å². The van der Waals surface area contributed by atoms with Crippen LogP contribution in [0.5, 0.6) is 5.75 Å². The number of ether oxygens (including phenoxy) is 2. The highest BCUT2D eigenvalue weighted by Crippen LogP contribution is 2.30. The second kappa shape index (κ2) is 9.76. The van der Waals surface area contributed by atoms with Gasteiger partial charge in [-0.1, -0.05) is 17.3 Å². The Labute approximate surface area is 187 Å². The van der Waals surface area contributed by atoms with Crippen molar-refractivity contribution in [1.29, 1.82) is 0 Å². The van der Waals surface area contributed by atoms with Crippen LogP contribution in [0, 0.1) is 13.8 Å². The minimum atomic E-state index is -4.54. The van der Waals surface area contributed by atoms with Crippen LogP contribution in [0.2, 0.25) is 0 Å². The third-order valence-electron chi connectivity index (χ3n) is 4.74. The van der Waals surface area contributed by atoms with Gasteiger partial charge in [-0.3, -0.25) is 4.79 Å². The maximum absolute atomic E-state index is 12.8. The van der Waals surface area contributed by atoms with Crippen LogP contribution in [0.15, 0.2) is 53.1 Å². The zero-order valence-corrected chi connectivity index (χ0v) is 18.0. The van der Waals surface area contributed by atoms with Crippen molar-refractivity contribution in [2.75, 3.05) is 5.32 Å². The number of aryl methyl sites for hydroxylation is 2. The molecule has 7 nitrogen and oxygen atoms in total. The van der Waals surface area contributed by atoms with E-state index in [2.05, 4.69) is 10.5 Å². The molecule has 1 unspecified atom stereocenters. The Morgan fingerprint density at radius 3 is 2.52 bits per heavy atom. The van der Waals surface area contributed by atoms with Crippen molar-refractivity contribution < 1.29 is 36.8 Å². The first-order valence-corrected chi connectivity index (χ1v) is 9.88. The standard InChI is InChI=1S/C23H21F3N2O5/c1-13-20(14(2)33-28-13)12-31-19-9-4-6-16(10-19)22(30)32-15(3)21(29)27-18-8-5-7-17(11-18)23(24,25)26/h4-11,15H,12H2,1-3H3,(H,27,29). The van der Waals surface area contributed by atoms with Crippen LogP contribution in [0.25, 0.3) is 0 Å². The molecule has 1 aromatic heterocycles. The average molecular weight is 462 g/mol. The molecule has 2 aromatic carbocycles. The first kappa shape index (κ1) is 23.8. The van der Waals surface area contributed by atoms with Gasteiger partial charge in [-0.05, 0) is 57.2 Å². The Balaban J connectivity index is 1.60. The minimum Gasteiger partial charge on any atom is -0.489 e. The predicted octanol–water partition coefficient (Wildman–Crippen LogP) is 5.07. The molecule has 1 atom stereocenters. The lowest BCUT2D eigenvalue weighted by molar-refractivity contribution is -0.137. The molecular formula is C23H21F3N2O5. The number of hydrogen-bond acceptors (Lipinski definition) is 6. The lowest BCUT2D eigenvalue weighted by Gasteiger charge is -2.15. The molecule has 0 saturated carbocycles. The first-order chi connectivity index (χ1) is 15.5. The second-order valence-corrected chi connectivity index (χ2v) is 7.23. The number of aromatic nitrogens is 1. The van der Waals surface area contributed by atoms with Crippen LogP contribution in [0.1, 0.15) is 39.9 Å². The number of esters is 1. The van der Waals surface area contributed by atoms with Gasteiger partial charge in [0.1, 0.15) is 18.1 Å². The summed E-state index contributed by atoms with van der Waals surface area (Å²) in [5.74, 6) is -0.535. The summed E-state index contributed by atoms with van der Waals surface area (Å²) in [6, 6.07) is 10.3. The van der Waals surface area contributed by atoms with E-state index in [1.165, 1.54) is 31.2 Å². The minimum absolute atomic E-state index is 0.0626. The SMILES string of the molecule is Cc1noc(C)c1COc1cccc(C(=O)OC(C)C(=O)Nc2cccc(C(F)(F)F)c2)c1. The number of benzene rings is 2. The highest BCUT2D eigenvalue weighted by Gasteiger charge is 2.30. The highest BCUT2D eigenvalue weighted by atomic mass is 19.4. The van der Waals surface area contributed by atoms with Crippen LogP contribution in [0.4, 0.5) is 18.9 Å². The molecule has 10 heteroatoms. The molecule has 0 aliphatic heterocycles. The number of anilines is 1. The molecule has 33 heavy (non-hydrogen) atoms. The third-order valence-corrected chi connectivity index (χ3v) is 4.74. The summed E-state index contributed by atoms with van der Waals surface area (Å²) in [6.07, 6.45) is -5.80. The predicted molar refractivity (Wildman–Crippen MR) is 112 cm³/mol. The number of amides is 1. The Hall–Kier alpha value is -3.82. The van der Waals surface area contributed by atoms with Gasteiger partial charge in [0.15, 0.2) is 6.10 Å². The van der Waals surface area contributed by atoms with Crippen LogP contribution in [-0.4, -0.2) is 23.1 Å². The van der Waals surface area contributed by atoms with Crippen LogP contribution < -0.4 is 10.1 Å². The Kier molecular flexibility index (Phi) is 7.05. The van der Waals surface area contributed by atoms with E-state index < -0.39 is 29.7 Å². The fourth-order valence-electron chi connectivity index (χ4n) is 2.88. The molecule has 3 rings (SSSR count). The van der Waals surface area contributed by atoms with E-state index in [1.807, 2.05) is 0 Å². The lowest BCUT2D eigenvalue weighted by Crippen LogP contribution is -2.30. The van der Waals surface area contributed by atoms with E-state index >= 15 is 0 Å². The molecule has 174 valence electrons. The zero-order valence-electron chi connectivity index (χ0n) is 18.0. The van der Waals surface area contributed by atoms with Gasteiger partial charge in [-0.15, -0.1) is 0 Å². The third kappa shape index (κ3) is 6.12. The van der Waals surface area contributed by atoms with Gasteiger partial charge in [0.05, 0.1) is 22.4 Å². The smallest absolute Gasteiger partial charge is 0.416 e. The van der Waals surface area contributed by atoms with Gasteiger partial charge in [-0.2, -0.15) is 13.2 Å². The van der Waals surface area contributed by atoms with Gasteiger partial charge in [0.2, 0.25) is 0 Å². The van der Waals surface area contributed by atoms with Crippen molar-refractivity contribution in [2.24, 2.45) is 0 Å². The van der Waals surface area contributed by atoms with E-state index in [9.17, 15) is 22.8 Å². The van der Waals surface area contributed by atoms with Crippen molar-refractivity contribution in [1.82, 2.24) is 5.16 Å². The van der Waals surface area contributed by atoms with E-state index in [4.69, 9.17) is 14.0 Å². The number of carbonyl (C=O) groups is 2. The molecule has 0 spiro atoms. The molecule has 0 saturated heterocycles. The van der Waals surface area contributed by atoms with Crippen LogP contribution in [-0.2, 0) is 22.3 Å². The second-order valence-electron chi connectivity index (χ2n) is 7.23. The summed E-state index contributed by atoms with van der Waals surface area (Å²) >= 11 is 0. The largest absolute Gasteiger partial charge is 0.489 e. The van der Waals surface area contributed by atoms with E-state index in [0.717, 1.165) is 17.7 Å². The molecule has 1 amide bonds. The van der Waals surface area contributed by atoms with Crippen molar-refractivity contribution >= 4 is 17.6 Å². The fraction of sp³-hybridized carbons (Fsp3) is 0.261. The number of nitrogens with zero attached hydrogens (tertiary/aromatic N) is 1. The molecule has 0 aliphatic rings. The maximum Gasteiger partial charge on any atom is 0.416 e.